The molecule has 0 aromatic heterocycles. The molecular formula is C8H19GaN2. The van der Waals surface area contributed by atoms with Crippen molar-refractivity contribution in [2.75, 3.05) is 26.2 Å². The Morgan fingerprint density at radius 2 is 1.45 bits per heavy atom. The first-order valence-electron chi connectivity index (χ1n) is 4.81. The zero-order valence-electron chi connectivity index (χ0n) is 7.84. The molecule has 0 saturated carbocycles. The minimum atomic E-state index is -0.402. The van der Waals surface area contributed by atoms with Crippen molar-refractivity contribution in [3.8, 4) is 0 Å². The van der Waals surface area contributed by atoms with E-state index >= 15 is 0 Å². The molecule has 64 valence electrons. The van der Waals surface area contributed by atoms with Crippen LogP contribution in [0.4, 0.5) is 0 Å². The van der Waals surface area contributed by atoms with E-state index in [9.17, 15) is 0 Å². The normalized spacial score (nSPS) is 20.5. The molecule has 3 heteroatoms. The molecule has 1 aliphatic rings. The zero-order chi connectivity index (χ0) is 8.10. The number of rotatable bonds is 4. The average molecular weight is 213 g/mol. The van der Waals surface area contributed by atoms with Crippen molar-refractivity contribution in [2.45, 2.75) is 26.7 Å². The van der Waals surface area contributed by atoms with Crippen LogP contribution in [0.25, 0.3) is 0 Å². The molecular weight excluding hydrogens is 194 g/mol. The van der Waals surface area contributed by atoms with Crippen molar-refractivity contribution in [2.24, 2.45) is 0 Å². The fraction of sp³-hybridized carbons (Fsp3) is 1.00. The molecule has 1 saturated heterocycles. The first-order valence-corrected chi connectivity index (χ1v) is 7.47. The SMILES string of the molecule is CCC[N]1CC[N](CCC)[GaH]1. The van der Waals surface area contributed by atoms with Crippen molar-refractivity contribution in [1.29, 1.82) is 0 Å². The Morgan fingerprint density at radius 1 is 1.00 bits per heavy atom. The molecule has 1 rings (SSSR count). The Morgan fingerprint density at radius 3 is 1.82 bits per heavy atom. The second kappa shape index (κ2) is 5.25. The Hall–Kier alpha value is 0.556. The Balaban J connectivity index is 2.12. The third-order valence-corrected chi connectivity index (χ3v) is 6.54. The Kier molecular flexibility index (Phi) is 4.60. The standard InChI is InChI=1S/C8H18N2.Ga.H/c1-3-5-9-7-8-10-6-4-2;;/h3-8H2,1-2H3;;/q-2;+2;. The first-order chi connectivity index (χ1) is 5.36. The number of nitrogens with zero attached hydrogens (tertiary/aromatic N) is 2. The van der Waals surface area contributed by atoms with Gasteiger partial charge in [-0.05, 0) is 0 Å². The predicted octanol–water partition coefficient (Wildman–Crippen LogP) is 0.691. The van der Waals surface area contributed by atoms with Gasteiger partial charge in [0.1, 0.15) is 0 Å². The first kappa shape index (κ1) is 9.64. The summed E-state index contributed by atoms with van der Waals surface area (Å²) in [6.07, 6.45) is 2.68. The van der Waals surface area contributed by atoms with Crippen LogP contribution in [0, 0.1) is 0 Å². The van der Waals surface area contributed by atoms with Gasteiger partial charge < -0.3 is 0 Å². The van der Waals surface area contributed by atoms with E-state index in [1.165, 1.54) is 39.0 Å². The topological polar surface area (TPSA) is 6.48 Å². The van der Waals surface area contributed by atoms with Gasteiger partial charge in [-0.15, -0.1) is 0 Å². The monoisotopic (exact) mass is 212 g/mol. The molecule has 1 fully saturated rings. The van der Waals surface area contributed by atoms with Gasteiger partial charge >= 0.3 is 78.0 Å². The summed E-state index contributed by atoms with van der Waals surface area (Å²) in [7, 11) is 0. The van der Waals surface area contributed by atoms with Crippen LogP contribution in [0.1, 0.15) is 26.7 Å². The summed E-state index contributed by atoms with van der Waals surface area (Å²) in [6, 6.07) is 0. The third kappa shape index (κ3) is 3.19. The van der Waals surface area contributed by atoms with E-state index in [4.69, 9.17) is 0 Å². The quantitative estimate of drug-likeness (QED) is 0.634. The van der Waals surface area contributed by atoms with E-state index in [0.29, 0.717) is 0 Å². The van der Waals surface area contributed by atoms with Crippen LogP contribution in [-0.4, -0.2) is 51.3 Å². The summed E-state index contributed by atoms with van der Waals surface area (Å²) in [6.45, 7) is 10.0. The second-order valence-electron chi connectivity index (χ2n) is 3.38. The van der Waals surface area contributed by atoms with Gasteiger partial charge in [-0.25, -0.2) is 0 Å². The van der Waals surface area contributed by atoms with Crippen LogP contribution in [0.2, 0.25) is 0 Å². The van der Waals surface area contributed by atoms with E-state index in [-0.39, 0.29) is 0 Å². The molecule has 0 atom stereocenters. The van der Waals surface area contributed by atoms with Crippen molar-refractivity contribution < 1.29 is 0 Å². The summed E-state index contributed by atoms with van der Waals surface area (Å²) >= 11 is -0.402. The van der Waals surface area contributed by atoms with Gasteiger partial charge in [0.05, 0.1) is 0 Å². The Labute approximate surface area is 78.3 Å². The number of hydrogen-bond donors (Lipinski definition) is 0. The fourth-order valence-electron chi connectivity index (χ4n) is 1.70. The van der Waals surface area contributed by atoms with E-state index in [2.05, 4.69) is 21.1 Å². The maximum atomic E-state index is 2.72. The molecule has 0 spiro atoms. The fourth-order valence-corrected chi connectivity index (χ4v) is 6.00. The zero-order valence-corrected chi connectivity index (χ0v) is 10.8. The molecule has 0 bridgehead atoms. The predicted molar refractivity (Wildman–Crippen MR) is 50.9 cm³/mol. The third-order valence-electron chi connectivity index (χ3n) is 2.21. The summed E-state index contributed by atoms with van der Waals surface area (Å²) in [5.74, 6) is 0. The molecule has 0 aromatic rings. The van der Waals surface area contributed by atoms with Gasteiger partial charge in [0.15, 0.2) is 0 Å². The molecule has 1 aliphatic heterocycles. The van der Waals surface area contributed by atoms with Gasteiger partial charge in [-0.3, -0.25) is 0 Å². The maximum absolute atomic E-state index is 2.72. The molecule has 2 nitrogen and oxygen atoms in total. The molecule has 0 radical (unpaired) electrons. The molecule has 0 aromatic carbocycles. The van der Waals surface area contributed by atoms with Gasteiger partial charge in [-0.2, -0.15) is 0 Å². The van der Waals surface area contributed by atoms with Crippen LogP contribution in [-0.2, 0) is 0 Å². The van der Waals surface area contributed by atoms with E-state index in [0.717, 1.165) is 0 Å². The van der Waals surface area contributed by atoms with Crippen LogP contribution >= 0.6 is 0 Å². The van der Waals surface area contributed by atoms with Crippen molar-refractivity contribution in [1.82, 2.24) is 7.21 Å². The van der Waals surface area contributed by atoms with Crippen molar-refractivity contribution >= 4 is 17.9 Å². The van der Waals surface area contributed by atoms with Crippen molar-refractivity contribution in [3.05, 3.63) is 0 Å². The van der Waals surface area contributed by atoms with Crippen LogP contribution < -0.4 is 0 Å². The van der Waals surface area contributed by atoms with E-state index < -0.39 is 17.9 Å². The van der Waals surface area contributed by atoms with Gasteiger partial charge in [0, 0.05) is 0 Å². The molecule has 1 heterocycles. The molecule has 0 amide bonds. The van der Waals surface area contributed by atoms with Gasteiger partial charge in [-0.1, -0.05) is 0 Å². The van der Waals surface area contributed by atoms with Gasteiger partial charge in [0.25, 0.3) is 0 Å². The van der Waals surface area contributed by atoms with Crippen molar-refractivity contribution in [3.63, 3.8) is 0 Å². The Bertz CT molecular complexity index is 96.3. The molecule has 0 N–H and O–H groups in total. The molecule has 0 unspecified atom stereocenters. The summed E-state index contributed by atoms with van der Waals surface area (Å²) in [4.78, 5) is 0. The van der Waals surface area contributed by atoms with Crippen LogP contribution in [0.5, 0.6) is 0 Å². The number of hydrogen-bond acceptors (Lipinski definition) is 2. The van der Waals surface area contributed by atoms with Crippen LogP contribution in [0.15, 0.2) is 0 Å². The van der Waals surface area contributed by atoms with Crippen LogP contribution in [0.3, 0.4) is 0 Å². The average Bonchev–Trinajstić information content (AvgIpc) is 2.38. The minimum absolute atomic E-state index is 0.402. The molecule has 0 aliphatic carbocycles. The summed E-state index contributed by atoms with van der Waals surface area (Å²) in [5.41, 5.74) is 0. The summed E-state index contributed by atoms with van der Waals surface area (Å²) in [5, 5.41) is 0. The van der Waals surface area contributed by atoms with Gasteiger partial charge in [0.2, 0.25) is 0 Å². The second-order valence-corrected chi connectivity index (χ2v) is 7.72. The van der Waals surface area contributed by atoms with E-state index in [1.54, 1.807) is 0 Å². The van der Waals surface area contributed by atoms with E-state index in [1.807, 2.05) is 0 Å². The summed E-state index contributed by atoms with van der Waals surface area (Å²) < 4.78 is 5.45. The molecule has 11 heavy (non-hydrogen) atoms.